The predicted octanol–water partition coefficient (Wildman–Crippen LogP) is 1.82. The molecule has 0 aromatic heterocycles. The van der Waals surface area contributed by atoms with E-state index in [9.17, 15) is 19.2 Å². The van der Waals surface area contributed by atoms with E-state index in [4.69, 9.17) is 0 Å². The molecule has 1 unspecified atom stereocenters. The SMILES string of the molecule is CCCCCc1ccc2c(c1)C(=O)N(C1CCC(=O)NC1=O)C2=O. The average Bonchev–Trinajstić information content (AvgIpc) is 2.80. The van der Waals surface area contributed by atoms with Crippen molar-refractivity contribution in [2.24, 2.45) is 0 Å². The van der Waals surface area contributed by atoms with Gasteiger partial charge in [0.2, 0.25) is 11.8 Å². The van der Waals surface area contributed by atoms with Gasteiger partial charge in [0.05, 0.1) is 11.1 Å². The number of nitrogens with zero attached hydrogens (tertiary/aromatic N) is 1. The summed E-state index contributed by atoms with van der Waals surface area (Å²) >= 11 is 0. The maximum atomic E-state index is 12.7. The monoisotopic (exact) mass is 328 g/mol. The van der Waals surface area contributed by atoms with Gasteiger partial charge in [-0.25, -0.2) is 0 Å². The van der Waals surface area contributed by atoms with Crippen molar-refractivity contribution in [1.82, 2.24) is 10.2 Å². The molecule has 1 atom stereocenters. The first kappa shape index (κ1) is 16.4. The maximum absolute atomic E-state index is 12.7. The quantitative estimate of drug-likeness (QED) is 0.660. The highest BCUT2D eigenvalue weighted by atomic mass is 16.2. The second-order valence-corrected chi connectivity index (χ2v) is 6.28. The molecular weight excluding hydrogens is 308 g/mol. The van der Waals surface area contributed by atoms with Crippen LogP contribution in [0.3, 0.4) is 0 Å². The van der Waals surface area contributed by atoms with Crippen molar-refractivity contribution >= 4 is 23.6 Å². The van der Waals surface area contributed by atoms with Gasteiger partial charge >= 0.3 is 0 Å². The van der Waals surface area contributed by atoms with Crippen LogP contribution in [-0.2, 0) is 16.0 Å². The minimum Gasteiger partial charge on any atom is -0.295 e. The highest BCUT2D eigenvalue weighted by molar-refractivity contribution is 6.23. The molecule has 0 saturated carbocycles. The highest BCUT2D eigenvalue weighted by Crippen LogP contribution is 2.28. The van der Waals surface area contributed by atoms with E-state index in [2.05, 4.69) is 12.2 Å². The van der Waals surface area contributed by atoms with Crippen molar-refractivity contribution in [3.63, 3.8) is 0 Å². The summed E-state index contributed by atoms with van der Waals surface area (Å²) in [6, 6.07) is 4.40. The van der Waals surface area contributed by atoms with E-state index in [0.29, 0.717) is 11.1 Å². The van der Waals surface area contributed by atoms with Crippen molar-refractivity contribution in [2.45, 2.75) is 51.5 Å². The van der Waals surface area contributed by atoms with Crippen LogP contribution in [0.4, 0.5) is 0 Å². The molecule has 1 aromatic carbocycles. The summed E-state index contributed by atoms with van der Waals surface area (Å²) in [5, 5.41) is 2.20. The number of hydrogen-bond donors (Lipinski definition) is 1. The molecule has 0 radical (unpaired) electrons. The summed E-state index contributed by atoms with van der Waals surface area (Å²) in [7, 11) is 0. The predicted molar refractivity (Wildman–Crippen MR) is 86.3 cm³/mol. The first-order chi connectivity index (χ1) is 11.5. The number of amides is 4. The molecule has 6 heteroatoms. The van der Waals surface area contributed by atoms with E-state index in [1.54, 1.807) is 12.1 Å². The van der Waals surface area contributed by atoms with E-state index < -0.39 is 23.8 Å². The molecule has 0 bridgehead atoms. The van der Waals surface area contributed by atoms with Crippen LogP contribution in [-0.4, -0.2) is 34.6 Å². The van der Waals surface area contributed by atoms with E-state index in [0.717, 1.165) is 36.1 Å². The van der Waals surface area contributed by atoms with Crippen LogP contribution in [0, 0.1) is 0 Å². The van der Waals surface area contributed by atoms with Gasteiger partial charge in [-0.3, -0.25) is 29.4 Å². The second kappa shape index (κ2) is 6.55. The van der Waals surface area contributed by atoms with Gasteiger partial charge in [0.1, 0.15) is 6.04 Å². The topological polar surface area (TPSA) is 83.6 Å². The lowest BCUT2D eigenvalue weighted by Crippen LogP contribution is -2.54. The molecule has 0 spiro atoms. The Kier molecular flexibility index (Phi) is 4.46. The summed E-state index contributed by atoms with van der Waals surface area (Å²) in [6.45, 7) is 2.13. The lowest BCUT2D eigenvalue weighted by molar-refractivity contribution is -0.136. The van der Waals surface area contributed by atoms with Crippen molar-refractivity contribution in [3.05, 3.63) is 34.9 Å². The number of aryl methyl sites for hydroxylation is 1. The van der Waals surface area contributed by atoms with Gasteiger partial charge in [0.15, 0.2) is 0 Å². The average molecular weight is 328 g/mol. The number of fused-ring (bicyclic) bond motifs is 1. The molecule has 4 amide bonds. The number of unbranched alkanes of at least 4 members (excludes halogenated alkanes) is 2. The van der Waals surface area contributed by atoms with Crippen LogP contribution in [0.1, 0.15) is 65.3 Å². The highest BCUT2D eigenvalue weighted by Gasteiger charge is 2.44. The fraction of sp³-hybridized carbons (Fsp3) is 0.444. The third kappa shape index (κ3) is 2.84. The molecular formula is C18H20N2O4. The van der Waals surface area contributed by atoms with Crippen LogP contribution in [0.25, 0.3) is 0 Å². The summed E-state index contributed by atoms with van der Waals surface area (Å²) in [5.41, 5.74) is 1.72. The molecule has 1 N–H and O–H groups in total. The molecule has 2 heterocycles. The fourth-order valence-electron chi connectivity index (χ4n) is 3.25. The molecule has 1 fully saturated rings. The summed E-state index contributed by atoms with van der Waals surface area (Å²) in [5.74, 6) is -1.85. The second-order valence-electron chi connectivity index (χ2n) is 6.28. The normalized spacial score (nSPS) is 20.4. The Morgan fingerprint density at radius 2 is 1.83 bits per heavy atom. The molecule has 2 aliphatic rings. The number of nitrogens with one attached hydrogen (secondary N) is 1. The number of hydrogen-bond acceptors (Lipinski definition) is 4. The van der Waals surface area contributed by atoms with Crippen LogP contribution in [0.2, 0.25) is 0 Å². The Bertz CT molecular complexity index is 726. The zero-order chi connectivity index (χ0) is 17.3. The van der Waals surface area contributed by atoms with E-state index in [1.165, 1.54) is 0 Å². The van der Waals surface area contributed by atoms with Gasteiger partial charge in [0.25, 0.3) is 11.8 Å². The van der Waals surface area contributed by atoms with Gasteiger partial charge in [-0.2, -0.15) is 0 Å². The third-order valence-corrected chi connectivity index (χ3v) is 4.57. The number of benzene rings is 1. The zero-order valence-corrected chi connectivity index (χ0v) is 13.6. The molecule has 24 heavy (non-hydrogen) atoms. The number of imide groups is 2. The molecule has 126 valence electrons. The first-order valence-electron chi connectivity index (χ1n) is 8.37. The third-order valence-electron chi connectivity index (χ3n) is 4.57. The number of carbonyl (C=O) groups is 4. The van der Waals surface area contributed by atoms with Gasteiger partial charge in [-0.1, -0.05) is 25.8 Å². The summed E-state index contributed by atoms with van der Waals surface area (Å²) in [6.07, 6.45) is 4.44. The fourth-order valence-corrected chi connectivity index (χ4v) is 3.25. The molecule has 2 aliphatic heterocycles. The molecule has 0 aliphatic carbocycles. The Labute approximate surface area is 140 Å². The van der Waals surface area contributed by atoms with Gasteiger partial charge in [-0.05, 0) is 37.0 Å². The van der Waals surface area contributed by atoms with E-state index in [1.807, 2.05) is 6.07 Å². The van der Waals surface area contributed by atoms with Gasteiger partial charge in [0, 0.05) is 6.42 Å². The van der Waals surface area contributed by atoms with Crippen molar-refractivity contribution in [1.29, 1.82) is 0 Å². The Hall–Kier alpha value is -2.50. The minimum absolute atomic E-state index is 0.131. The van der Waals surface area contributed by atoms with Crippen LogP contribution in [0.5, 0.6) is 0 Å². The van der Waals surface area contributed by atoms with E-state index in [-0.39, 0.29) is 18.7 Å². The number of rotatable bonds is 5. The smallest absolute Gasteiger partial charge is 0.262 e. The minimum atomic E-state index is -0.904. The molecule has 1 aromatic rings. The zero-order valence-electron chi connectivity index (χ0n) is 13.6. The Morgan fingerprint density at radius 1 is 1.08 bits per heavy atom. The van der Waals surface area contributed by atoms with Gasteiger partial charge in [-0.15, -0.1) is 0 Å². The van der Waals surface area contributed by atoms with Crippen molar-refractivity contribution in [3.8, 4) is 0 Å². The van der Waals surface area contributed by atoms with E-state index >= 15 is 0 Å². The molecule has 1 saturated heterocycles. The Balaban J connectivity index is 1.83. The molecule has 3 rings (SSSR count). The van der Waals surface area contributed by atoms with Crippen molar-refractivity contribution in [2.75, 3.05) is 0 Å². The summed E-state index contributed by atoms with van der Waals surface area (Å²) < 4.78 is 0. The van der Waals surface area contributed by atoms with Crippen LogP contribution >= 0.6 is 0 Å². The Morgan fingerprint density at radius 3 is 2.54 bits per heavy atom. The standard InChI is InChI=1S/C18H20N2O4/c1-2-3-4-5-11-6-7-12-13(10-11)18(24)20(17(12)23)14-8-9-15(21)19-16(14)22/h6-7,10,14H,2-5,8-9H2,1H3,(H,19,21,22). The van der Waals surface area contributed by atoms with Gasteiger partial charge < -0.3 is 0 Å². The largest absolute Gasteiger partial charge is 0.295 e. The first-order valence-corrected chi connectivity index (χ1v) is 8.37. The lowest BCUT2D eigenvalue weighted by Gasteiger charge is -2.27. The van der Waals surface area contributed by atoms with Crippen molar-refractivity contribution < 1.29 is 19.2 Å². The molecule has 6 nitrogen and oxygen atoms in total. The number of piperidine rings is 1. The van der Waals surface area contributed by atoms with Crippen LogP contribution in [0.15, 0.2) is 18.2 Å². The lowest BCUT2D eigenvalue weighted by atomic mass is 10.0. The van der Waals surface area contributed by atoms with Crippen LogP contribution < -0.4 is 5.32 Å². The summed E-state index contributed by atoms with van der Waals surface area (Å²) in [4.78, 5) is 49.5. The number of carbonyl (C=O) groups excluding carboxylic acids is 4. The maximum Gasteiger partial charge on any atom is 0.262 e.